The van der Waals surface area contributed by atoms with Crippen LogP contribution in [0, 0.1) is 0 Å². The number of aromatic nitrogens is 2. The molecule has 6 nitrogen and oxygen atoms in total. The first-order valence-corrected chi connectivity index (χ1v) is 9.70. The van der Waals surface area contributed by atoms with Crippen molar-refractivity contribution in [2.75, 3.05) is 26.8 Å². The van der Waals surface area contributed by atoms with Crippen molar-refractivity contribution >= 4 is 17.5 Å². The molecule has 0 aliphatic carbocycles. The summed E-state index contributed by atoms with van der Waals surface area (Å²) in [6.45, 7) is 0.863. The van der Waals surface area contributed by atoms with E-state index in [0.717, 1.165) is 12.1 Å². The van der Waals surface area contributed by atoms with Crippen LogP contribution < -0.4 is 0 Å². The predicted octanol–water partition coefficient (Wildman–Crippen LogP) is 4.74. The van der Waals surface area contributed by atoms with Crippen molar-refractivity contribution in [2.24, 2.45) is 0 Å². The third kappa shape index (κ3) is 5.83. The van der Waals surface area contributed by atoms with Gasteiger partial charge in [-0.05, 0) is 24.3 Å². The fourth-order valence-electron chi connectivity index (χ4n) is 2.86. The predicted molar refractivity (Wildman–Crippen MR) is 108 cm³/mol. The van der Waals surface area contributed by atoms with E-state index in [0.29, 0.717) is 23.7 Å². The van der Waals surface area contributed by atoms with Gasteiger partial charge in [0.1, 0.15) is 0 Å². The van der Waals surface area contributed by atoms with Crippen LogP contribution in [0.25, 0.3) is 11.4 Å². The van der Waals surface area contributed by atoms with Crippen LogP contribution in [-0.2, 0) is 17.3 Å². The highest BCUT2D eigenvalue weighted by molar-refractivity contribution is 6.33. The number of carbonyl (C=O) groups is 1. The largest absolute Gasteiger partial charge is 0.416 e. The molecule has 0 radical (unpaired) electrons. The molecule has 0 N–H and O–H groups in total. The molecule has 3 aromatic rings. The number of nitrogens with zero attached hydrogens (tertiary/aromatic N) is 3. The Morgan fingerprint density at radius 3 is 2.65 bits per heavy atom. The first-order chi connectivity index (χ1) is 14.8. The van der Waals surface area contributed by atoms with Crippen molar-refractivity contribution < 1.29 is 27.2 Å². The second-order valence-corrected chi connectivity index (χ2v) is 7.01. The molecule has 0 unspecified atom stereocenters. The Balaban J connectivity index is 1.72. The van der Waals surface area contributed by atoms with E-state index in [1.807, 2.05) is 0 Å². The van der Waals surface area contributed by atoms with Crippen molar-refractivity contribution in [3.8, 4) is 11.4 Å². The number of rotatable bonds is 8. The zero-order valence-corrected chi connectivity index (χ0v) is 17.3. The molecular weight excluding hydrogens is 435 g/mol. The zero-order chi connectivity index (χ0) is 22.4. The maximum Gasteiger partial charge on any atom is 0.416 e. The molecule has 10 heteroatoms. The molecular formula is C21H19ClF3N3O3. The summed E-state index contributed by atoms with van der Waals surface area (Å²) in [5, 5.41) is 4.10. The average Bonchev–Trinajstić information content (AvgIpc) is 3.22. The molecule has 31 heavy (non-hydrogen) atoms. The number of methoxy groups -OCH3 is 1. The highest BCUT2D eigenvalue weighted by Crippen LogP contribution is 2.31. The number of alkyl halides is 3. The fraction of sp³-hybridized carbons (Fsp3) is 0.286. The number of hydrogen-bond donors (Lipinski definition) is 0. The summed E-state index contributed by atoms with van der Waals surface area (Å²) in [6, 6.07) is 11.4. The van der Waals surface area contributed by atoms with Gasteiger partial charge in [-0.15, -0.1) is 0 Å². The lowest BCUT2D eigenvalue weighted by molar-refractivity contribution is -0.137. The van der Waals surface area contributed by atoms with E-state index in [2.05, 4.69) is 10.1 Å². The molecule has 2 aromatic carbocycles. The summed E-state index contributed by atoms with van der Waals surface area (Å²) in [5.41, 5.74) is -0.254. The summed E-state index contributed by atoms with van der Waals surface area (Å²) < 4.78 is 49.0. The molecule has 0 atom stereocenters. The molecule has 0 bridgehead atoms. The standard InChI is InChI=1S/C21H19ClF3N3O3/c1-30-12-11-28(20(29)16-7-2-3-8-17(16)22)10-9-18-26-19(27-31-18)14-5-4-6-15(13-14)21(23,24)25/h2-8,13H,9-12H2,1H3. The topological polar surface area (TPSA) is 68.5 Å². The van der Waals surface area contributed by atoms with Crippen molar-refractivity contribution in [1.29, 1.82) is 0 Å². The zero-order valence-electron chi connectivity index (χ0n) is 16.5. The van der Waals surface area contributed by atoms with Gasteiger partial charge in [0.15, 0.2) is 0 Å². The SMILES string of the molecule is COCCN(CCc1nc(-c2cccc(C(F)(F)F)c2)no1)C(=O)c1ccccc1Cl. The number of amides is 1. The van der Waals surface area contributed by atoms with E-state index in [4.69, 9.17) is 20.9 Å². The smallest absolute Gasteiger partial charge is 0.383 e. The van der Waals surface area contributed by atoms with Gasteiger partial charge in [0, 0.05) is 32.2 Å². The summed E-state index contributed by atoms with van der Waals surface area (Å²) in [5.74, 6) is -0.0379. The van der Waals surface area contributed by atoms with Crippen LogP contribution in [-0.4, -0.2) is 47.8 Å². The van der Waals surface area contributed by atoms with E-state index in [1.165, 1.54) is 19.2 Å². The monoisotopic (exact) mass is 453 g/mol. The van der Waals surface area contributed by atoms with Crippen LogP contribution >= 0.6 is 11.6 Å². The van der Waals surface area contributed by atoms with Gasteiger partial charge in [0.25, 0.3) is 5.91 Å². The van der Waals surface area contributed by atoms with Crippen LogP contribution in [0.5, 0.6) is 0 Å². The fourth-order valence-corrected chi connectivity index (χ4v) is 3.08. The molecule has 0 saturated carbocycles. The van der Waals surface area contributed by atoms with Gasteiger partial charge in [-0.1, -0.05) is 41.0 Å². The summed E-state index contributed by atoms with van der Waals surface area (Å²) in [7, 11) is 1.53. The number of carbonyl (C=O) groups excluding carboxylic acids is 1. The van der Waals surface area contributed by atoms with Crippen molar-refractivity contribution in [3.63, 3.8) is 0 Å². The van der Waals surface area contributed by atoms with Crippen molar-refractivity contribution in [2.45, 2.75) is 12.6 Å². The first kappa shape index (κ1) is 22.8. The van der Waals surface area contributed by atoms with Crippen molar-refractivity contribution in [3.05, 3.63) is 70.6 Å². The summed E-state index contributed by atoms with van der Waals surface area (Å²) in [4.78, 5) is 18.6. The number of benzene rings is 2. The Morgan fingerprint density at radius 1 is 1.16 bits per heavy atom. The minimum Gasteiger partial charge on any atom is -0.383 e. The Kier molecular flexibility index (Phi) is 7.29. The van der Waals surface area contributed by atoms with E-state index in [-0.39, 0.29) is 36.2 Å². The molecule has 1 aromatic heterocycles. The lowest BCUT2D eigenvalue weighted by Crippen LogP contribution is -2.35. The lowest BCUT2D eigenvalue weighted by atomic mass is 10.1. The quantitative estimate of drug-likeness (QED) is 0.493. The maximum absolute atomic E-state index is 12.9. The second-order valence-electron chi connectivity index (χ2n) is 6.61. The third-order valence-corrected chi connectivity index (χ3v) is 4.80. The summed E-state index contributed by atoms with van der Waals surface area (Å²) >= 11 is 6.13. The van der Waals surface area contributed by atoms with Crippen LogP contribution in [0.2, 0.25) is 5.02 Å². The van der Waals surface area contributed by atoms with Crippen LogP contribution in [0.3, 0.4) is 0 Å². The number of halogens is 4. The van der Waals surface area contributed by atoms with Crippen LogP contribution in [0.1, 0.15) is 21.8 Å². The maximum atomic E-state index is 12.9. The van der Waals surface area contributed by atoms with Gasteiger partial charge in [0.05, 0.1) is 22.8 Å². The second kappa shape index (κ2) is 9.93. The highest BCUT2D eigenvalue weighted by atomic mass is 35.5. The number of hydrogen-bond acceptors (Lipinski definition) is 5. The molecule has 3 rings (SSSR count). The van der Waals surface area contributed by atoms with Gasteiger partial charge in [0.2, 0.25) is 11.7 Å². The molecule has 0 aliphatic rings. The minimum atomic E-state index is -4.47. The molecule has 1 heterocycles. The first-order valence-electron chi connectivity index (χ1n) is 9.32. The van der Waals surface area contributed by atoms with Crippen LogP contribution in [0.15, 0.2) is 53.1 Å². The van der Waals surface area contributed by atoms with Crippen LogP contribution in [0.4, 0.5) is 13.2 Å². The third-order valence-electron chi connectivity index (χ3n) is 4.47. The highest BCUT2D eigenvalue weighted by Gasteiger charge is 2.30. The Labute approximate surface area is 181 Å². The van der Waals surface area contributed by atoms with E-state index < -0.39 is 11.7 Å². The Bertz CT molecular complexity index is 1040. The van der Waals surface area contributed by atoms with Gasteiger partial charge in [-0.2, -0.15) is 18.2 Å². The van der Waals surface area contributed by atoms with E-state index in [9.17, 15) is 18.0 Å². The minimum absolute atomic E-state index is 0.0435. The summed E-state index contributed by atoms with van der Waals surface area (Å²) in [6.07, 6.45) is -4.25. The molecule has 0 aliphatic heterocycles. The lowest BCUT2D eigenvalue weighted by Gasteiger charge is -2.22. The van der Waals surface area contributed by atoms with E-state index >= 15 is 0 Å². The van der Waals surface area contributed by atoms with Gasteiger partial charge in [-0.3, -0.25) is 4.79 Å². The Morgan fingerprint density at radius 2 is 1.94 bits per heavy atom. The molecule has 0 spiro atoms. The number of ether oxygens (including phenoxy) is 1. The average molecular weight is 454 g/mol. The Hall–Kier alpha value is -2.91. The molecule has 1 amide bonds. The molecule has 164 valence electrons. The van der Waals surface area contributed by atoms with Gasteiger partial charge in [-0.25, -0.2) is 0 Å². The normalized spacial score (nSPS) is 11.5. The van der Waals surface area contributed by atoms with Gasteiger partial charge < -0.3 is 14.2 Å². The molecule has 0 fully saturated rings. The molecule has 0 saturated heterocycles. The van der Waals surface area contributed by atoms with E-state index in [1.54, 1.807) is 29.2 Å². The van der Waals surface area contributed by atoms with Crippen molar-refractivity contribution in [1.82, 2.24) is 15.0 Å². The van der Waals surface area contributed by atoms with Gasteiger partial charge >= 0.3 is 6.18 Å².